The van der Waals surface area contributed by atoms with E-state index in [9.17, 15) is 14.4 Å². The Morgan fingerprint density at radius 1 is 0.967 bits per heavy atom. The summed E-state index contributed by atoms with van der Waals surface area (Å²) < 4.78 is 5.13. The van der Waals surface area contributed by atoms with Gasteiger partial charge in [0.05, 0.1) is 12.8 Å². The number of hydrogen-bond acceptors (Lipinski definition) is 5. The summed E-state index contributed by atoms with van der Waals surface area (Å²) in [4.78, 5) is 43.9. The highest BCUT2D eigenvalue weighted by molar-refractivity contribution is 5.95. The summed E-state index contributed by atoms with van der Waals surface area (Å²) in [6.07, 6.45) is 6.03. The molecule has 3 heterocycles. The van der Waals surface area contributed by atoms with Crippen LogP contribution in [0.25, 0.3) is 0 Å². The van der Waals surface area contributed by atoms with E-state index in [2.05, 4.69) is 10.2 Å². The number of piperazine rings is 1. The molecule has 0 radical (unpaired) electrons. The Morgan fingerprint density at radius 2 is 1.63 bits per heavy atom. The van der Waals surface area contributed by atoms with E-state index < -0.39 is 6.04 Å². The zero-order chi connectivity index (χ0) is 21.5. The third-order valence-corrected chi connectivity index (χ3v) is 5.97. The maximum Gasteiger partial charge on any atom is 0.287 e. The summed E-state index contributed by atoms with van der Waals surface area (Å²) in [7, 11) is 0. The van der Waals surface area contributed by atoms with Crippen LogP contribution in [0.5, 0.6) is 0 Å². The highest BCUT2D eigenvalue weighted by Gasteiger charge is 2.32. The number of carbonyl (C=O) groups excluding carboxylic acids is 3. The van der Waals surface area contributed by atoms with Gasteiger partial charge in [-0.15, -0.1) is 0 Å². The number of amides is 3. The Hall–Kier alpha value is -2.35. The van der Waals surface area contributed by atoms with Gasteiger partial charge in [0, 0.05) is 39.3 Å². The van der Waals surface area contributed by atoms with Crippen molar-refractivity contribution in [2.45, 2.75) is 45.6 Å². The van der Waals surface area contributed by atoms with Crippen LogP contribution in [-0.2, 0) is 9.59 Å². The third kappa shape index (κ3) is 5.84. The van der Waals surface area contributed by atoms with Crippen molar-refractivity contribution in [1.82, 2.24) is 20.0 Å². The van der Waals surface area contributed by atoms with E-state index in [0.717, 1.165) is 25.9 Å². The maximum absolute atomic E-state index is 13.0. The number of likely N-dealkylation sites (tertiary alicyclic amines) is 1. The molecule has 1 aromatic rings. The lowest BCUT2D eigenvalue weighted by Gasteiger charge is -2.37. The minimum Gasteiger partial charge on any atom is -0.459 e. The Kier molecular flexibility index (Phi) is 7.90. The second-order valence-electron chi connectivity index (χ2n) is 8.57. The molecular formula is C22H34N4O4. The number of carbonyl (C=O) groups is 3. The van der Waals surface area contributed by atoms with Crippen molar-refractivity contribution in [2.24, 2.45) is 5.92 Å². The van der Waals surface area contributed by atoms with Crippen molar-refractivity contribution in [1.29, 1.82) is 0 Å². The van der Waals surface area contributed by atoms with Gasteiger partial charge in [-0.3, -0.25) is 19.3 Å². The normalized spacial score (nSPS) is 19.4. The van der Waals surface area contributed by atoms with E-state index >= 15 is 0 Å². The summed E-state index contributed by atoms with van der Waals surface area (Å²) >= 11 is 0. The van der Waals surface area contributed by atoms with Crippen molar-refractivity contribution in [3.05, 3.63) is 24.2 Å². The van der Waals surface area contributed by atoms with Crippen LogP contribution >= 0.6 is 0 Å². The monoisotopic (exact) mass is 418 g/mol. The molecule has 0 spiro atoms. The average molecular weight is 419 g/mol. The molecule has 30 heavy (non-hydrogen) atoms. The molecule has 0 bridgehead atoms. The minimum absolute atomic E-state index is 0.0425. The van der Waals surface area contributed by atoms with Crippen LogP contribution in [0.1, 0.15) is 50.1 Å². The van der Waals surface area contributed by atoms with E-state index in [-0.39, 0.29) is 29.4 Å². The van der Waals surface area contributed by atoms with Gasteiger partial charge in [0.15, 0.2) is 5.76 Å². The molecule has 2 aliphatic rings. The summed E-state index contributed by atoms with van der Waals surface area (Å²) in [5.41, 5.74) is 0. The SMILES string of the molecule is CC(C)C(NC(=O)c1ccco1)C(=O)N1CCN(CC(=O)N2CCCCCC2)CC1. The second-order valence-corrected chi connectivity index (χ2v) is 8.57. The zero-order valence-corrected chi connectivity index (χ0v) is 18.1. The van der Waals surface area contributed by atoms with Gasteiger partial charge in [0.1, 0.15) is 6.04 Å². The van der Waals surface area contributed by atoms with Crippen LogP contribution in [0.3, 0.4) is 0 Å². The summed E-state index contributed by atoms with van der Waals surface area (Å²) in [6.45, 7) is 8.45. The molecule has 3 rings (SSSR count). The van der Waals surface area contributed by atoms with Gasteiger partial charge in [-0.1, -0.05) is 26.7 Å². The topological polar surface area (TPSA) is 86.1 Å². The molecule has 1 N–H and O–H groups in total. The fraction of sp³-hybridized carbons (Fsp3) is 0.682. The predicted molar refractivity (Wildman–Crippen MR) is 113 cm³/mol. The molecule has 0 saturated carbocycles. The van der Waals surface area contributed by atoms with Gasteiger partial charge in [0.25, 0.3) is 5.91 Å². The molecule has 2 saturated heterocycles. The van der Waals surface area contributed by atoms with Crippen LogP contribution in [0.15, 0.2) is 22.8 Å². The number of furan rings is 1. The number of rotatable bonds is 6. The lowest BCUT2D eigenvalue weighted by molar-refractivity contribution is -0.137. The van der Waals surface area contributed by atoms with Crippen LogP contribution in [-0.4, -0.2) is 84.3 Å². The Balaban J connectivity index is 1.49. The average Bonchev–Trinajstić information content (AvgIpc) is 3.14. The van der Waals surface area contributed by atoms with E-state index in [0.29, 0.717) is 32.7 Å². The first-order valence-electron chi connectivity index (χ1n) is 11.1. The lowest BCUT2D eigenvalue weighted by Crippen LogP contribution is -2.57. The Labute approximate surface area is 178 Å². The highest BCUT2D eigenvalue weighted by atomic mass is 16.3. The molecule has 166 valence electrons. The minimum atomic E-state index is -0.604. The van der Waals surface area contributed by atoms with Gasteiger partial charge in [0.2, 0.25) is 11.8 Å². The Morgan fingerprint density at radius 3 is 2.20 bits per heavy atom. The summed E-state index contributed by atoms with van der Waals surface area (Å²) in [5.74, 6) is -0.107. The zero-order valence-electron chi connectivity index (χ0n) is 18.1. The van der Waals surface area contributed by atoms with E-state index in [1.54, 1.807) is 17.0 Å². The van der Waals surface area contributed by atoms with Crippen molar-refractivity contribution in [3.63, 3.8) is 0 Å². The molecule has 8 heteroatoms. The predicted octanol–water partition coefficient (Wildman–Crippen LogP) is 1.58. The van der Waals surface area contributed by atoms with Gasteiger partial charge < -0.3 is 19.5 Å². The van der Waals surface area contributed by atoms with Crippen molar-refractivity contribution >= 4 is 17.7 Å². The summed E-state index contributed by atoms with van der Waals surface area (Å²) in [6, 6.07) is 2.62. The van der Waals surface area contributed by atoms with E-state index in [4.69, 9.17) is 4.42 Å². The second kappa shape index (κ2) is 10.6. The van der Waals surface area contributed by atoms with Gasteiger partial charge >= 0.3 is 0 Å². The highest BCUT2D eigenvalue weighted by Crippen LogP contribution is 2.13. The fourth-order valence-corrected chi connectivity index (χ4v) is 4.07. The quantitative estimate of drug-likeness (QED) is 0.758. The van der Waals surface area contributed by atoms with Crippen LogP contribution in [0.2, 0.25) is 0 Å². The number of nitrogens with one attached hydrogen (secondary N) is 1. The smallest absolute Gasteiger partial charge is 0.287 e. The lowest BCUT2D eigenvalue weighted by atomic mass is 10.0. The molecule has 1 unspecified atom stereocenters. The van der Waals surface area contributed by atoms with E-state index in [1.807, 2.05) is 18.7 Å². The van der Waals surface area contributed by atoms with Gasteiger partial charge in [-0.2, -0.15) is 0 Å². The summed E-state index contributed by atoms with van der Waals surface area (Å²) in [5, 5.41) is 2.81. The first-order valence-corrected chi connectivity index (χ1v) is 11.1. The van der Waals surface area contributed by atoms with Crippen molar-refractivity contribution < 1.29 is 18.8 Å². The molecule has 0 aromatic carbocycles. The largest absolute Gasteiger partial charge is 0.459 e. The molecule has 3 amide bonds. The first-order chi connectivity index (χ1) is 14.5. The third-order valence-electron chi connectivity index (χ3n) is 5.97. The van der Waals surface area contributed by atoms with Crippen LogP contribution < -0.4 is 5.32 Å². The van der Waals surface area contributed by atoms with Crippen molar-refractivity contribution in [2.75, 3.05) is 45.8 Å². The van der Waals surface area contributed by atoms with Crippen LogP contribution in [0.4, 0.5) is 0 Å². The molecule has 2 fully saturated rings. The number of nitrogens with zero attached hydrogens (tertiary/aromatic N) is 3. The molecular weight excluding hydrogens is 384 g/mol. The maximum atomic E-state index is 13.0. The standard InChI is InChI=1S/C22H34N4O4/c1-17(2)20(23-21(28)18-8-7-15-30-18)22(29)26-13-11-24(12-14-26)16-19(27)25-9-5-3-4-6-10-25/h7-8,15,17,20H,3-6,9-14,16H2,1-2H3,(H,23,28). The van der Waals surface area contributed by atoms with Gasteiger partial charge in [-0.05, 0) is 30.9 Å². The van der Waals surface area contributed by atoms with E-state index in [1.165, 1.54) is 19.1 Å². The number of hydrogen-bond donors (Lipinski definition) is 1. The van der Waals surface area contributed by atoms with Gasteiger partial charge in [-0.25, -0.2) is 0 Å². The molecule has 8 nitrogen and oxygen atoms in total. The van der Waals surface area contributed by atoms with Crippen molar-refractivity contribution in [3.8, 4) is 0 Å². The molecule has 2 aliphatic heterocycles. The van der Waals surface area contributed by atoms with Crippen LogP contribution in [0, 0.1) is 5.92 Å². The molecule has 1 aromatic heterocycles. The molecule has 0 aliphatic carbocycles. The molecule has 1 atom stereocenters. The fourth-order valence-electron chi connectivity index (χ4n) is 4.07. The Bertz CT molecular complexity index is 703. The first kappa shape index (κ1) is 22.3.